The topological polar surface area (TPSA) is 76.7 Å². The Hall–Kier alpha value is -2.08. The van der Waals surface area contributed by atoms with E-state index in [1.807, 2.05) is 51.1 Å². The van der Waals surface area contributed by atoms with Gasteiger partial charge in [0.1, 0.15) is 5.60 Å². The Morgan fingerprint density at radius 1 is 1.17 bits per heavy atom. The molecule has 0 aromatic heterocycles. The molecule has 1 atom stereocenters. The van der Waals surface area contributed by atoms with Gasteiger partial charge in [-0.3, -0.25) is 4.79 Å². The van der Waals surface area contributed by atoms with Gasteiger partial charge in [0, 0.05) is 12.6 Å². The number of carbonyl (C=O) groups is 2. The van der Waals surface area contributed by atoms with E-state index in [9.17, 15) is 9.59 Å². The molecule has 1 amide bonds. The lowest BCUT2D eigenvalue weighted by Gasteiger charge is -2.21. The average molecular weight is 336 g/mol. The third-order valence-electron chi connectivity index (χ3n) is 3.26. The number of hydrogen-bond acceptors (Lipinski definition) is 5. The Bertz CT molecular complexity index is 512. The molecule has 0 aliphatic carbocycles. The fourth-order valence-corrected chi connectivity index (χ4v) is 2.16. The maximum absolute atomic E-state index is 11.6. The van der Waals surface area contributed by atoms with Crippen LogP contribution in [0.5, 0.6) is 0 Å². The predicted molar refractivity (Wildman–Crippen MR) is 92.7 cm³/mol. The zero-order chi connectivity index (χ0) is 18.0. The third kappa shape index (κ3) is 8.53. The van der Waals surface area contributed by atoms with Gasteiger partial charge in [-0.1, -0.05) is 30.3 Å². The Balaban J connectivity index is 2.45. The zero-order valence-corrected chi connectivity index (χ0v) is 14.9. The number of hydrogen-bond donors (Lipinski definition) is 2. The molecule has 0 saturated carbocycles. The normalized spacial score (nSPS) is 12.3. The SMILES string of the molecule is COC(=O)CN[C@@H](CCCNC(=O)OC(C)(C)C)c1ccccc1. The molecule has 0 spiro atoms. The zero-order valence-electron chi connectivity index (χ0n) is 14.9. The van der Waals surface area contributed by atoms with Crippen molar-refractivity contribution in [1.82, 2.24) is 10.6 Å². The molecule has 0 aliphatic rings. The molecule has 0 unspecified atom stereocenters. The van der Waals surface area contributed by atoms with Crippen LogP contribution >= 0.6 is 0 Å². The lowest BCUT2D eigenvalue weighted by atomic mass is 10.0. The molecule has 134 valence electrons. The summed E-state index contributed by atoms with van der Waals surface area (Å²) < 4.78 is 9.86. The van der Waals surface area contributed by atoms with Crippen molar-refractivity contribution in [2.75, 3.05) is 20.2 Å². The molecule has 0 bridgehead atoms. The molecule has 2 N–H and O–H groups in total. The minimum absolute atomic E-state index is 0.0192. The van der Waals surface area contributed by atoms with Crippen molar-refractivity contribution in [3.05, 3.63) is 35.9 Å². The second-order valence-corrected chi connectivity index (χ2v) is 6.49. The van der Waals surface area contributed by atoms with Gasteiger partial charge in [-0.15, -0.1) is 0 Å². The van der Waals surface area contributed by atoms with Crippen LogP contribution in [0, 0.1) is 0 Å². The van der Waals surface area contributed by atoms with Crippen LogP contribution in [0.2, 0.25) is 0 Å². The number of rotatable bonds is 8. The summed E-state index contributed by atoms with van der Waals surface area (Å²) >= 11 is 0. The average Bonchev–Trinajstić information content (AvgIpc) is 2.53. The molecular formula is C18H28N2O4. The van der Waals surface area contributed by atoms with E-state index in [0.717, 1.165) is 18.4 Å². The molecule has 24 heavy (non-hydrogen) atoms. The van der Waals surface area contributed by atoms with Crippen molar-refractivity contribution in [2.24, 2.45) is 0 Å². The summed E-state index contributed by atoms with van der Waals surface area (Å²) in [6.07, 6.45) is 1.12. The maximum Gasteiger partial charge on any atom is 0.407 e. The van der Waals surface area contributed by atoms with Gasteiger partial charge in [-0.05, 0) is 39.2 Å². The predicted octanol–water partition coefficient (Wildman–Crippen LogP) is 2.80. The van der Waals surface area contributed by atoms with Crippen LogP contribution in [-0.2, 0) is 14.3 Å². The summed E-state index contributed by atoms with van der Waals surface area (Å²) in [4.78, 5) is 23.0. The van der Waals surface area contributed by atoms with Gasteiger partial charge >= 0.3 is 12.1 Å². The molecule has 1 aromatic carbocycles. The molecule has 0 aliphatic heterocycles. The fourth-order valence-electron chi connectivity index (χ4n) is 2.16. The number of amides is 1. The van der Waals surface area contributed by atoms with E-state index in [4.69, 9.17) is 4.74 Å². The number of alkyl carbamates (subject to hydrolysis) is 1. The smallest absolute Gasteiger partial charge is 0.407 e. The molecule has 6 heteroatoms. The van der Waals surface area contributed by atoms with Crippen LogP contribution in [0.1, 0.15) is 45.2 Å². The molecule has 0 saturated heterocycles. The van der Waals surface area contributed by atoms with E-state index in [-0.39, 0.29) is 18.6 Å². The van der Waals surface area contributed by atoms with E-state index in [0.29, 0.717) is 6.54 Å². The molecule has 1 aromatic rings. The molecule has 0 heterocycles. The van der Waals surface area contributed by atoms with Crippen molar-refractivity contribution in [3.8, 4) is 0 Å². The highest BCUT2D eigenvalue weighted by Crippen LogP contribution is 2.17. The molecule has 6 nitrogen and oxygen atoms in total. The number of methoxy groups -OCH3 is 1. The first kappa shape index (κ1) is 20.0. The highest BCUT2D eigenvalue weighted by atomic mass is 16.6. The fraction of sp³-hybridized carbons (Fsp3) is 0.556. The Labute approximate surface area is 143 Å². The molecule has 0 fully saturated rings. The summed E-state index contributed by atoms with van der Waals surface area (Å²) in [5, 5.41) is 5.94. The second kappa shape index (κ2) is 9.93. The van der Waals surface area contributed by atoms with Crippen LogP contribution in [0.25, 0.3) is 0 Å². The summed E-state index contributed by atoms with van der Waals surface area (Å²) in [7, 11) is 1.37. The van der Waals surface area contributed by atoms with Crippen LogP contribution in [0.4, 0.5) is 4.79 Å². The van der Waals surface area contributed by atoms with Crippen LogP contribution in [0.3, 0.4) is 0 Å². The largest absolute Gasteiger partial charge is 0.468 e. The van der Waals surface area contributed by atoms with Gasteiger partial charge in [0.05, 0.1) is 13.7 Å². The molecular weight excluding hydrogens is 308 g/mol. The van der Waals surface area contributed by atoms with Crippen molar-refractivity contribution in [3.63, 3.8) is 0 Å². The number of ether oxygens (including phenoxy) is 2. The van der Waals surface area contributed by atoms with Gasteiger partial charge in [0.25, 0.3) is 0 Å². The number of nitrogens with one attached hydrogen (secondary N) is 2. The molecule has 1 rings (SSSR count). The highest BCUT2D eigenvalue weighted by Gasteiger charge is 2.16. The lowest BCUT2D eigenvalue weighted by Crippen LogP contribution is -2.33. The van der Waals surface area contributed by atoms with E-state index in [2.05, 4.69) is 15.4 Å². The van der Waals surface area contributed by atoms with E-state index < -0.39 is 11.7 Å². The quantitative estimate of drug-likeness (QED) is 0.564. The summed E-state index contributed by atoms with van der Waals surface area (Å²) in [6, 6.07) is 9.91. The van der Waals surface area contributed by atoms with E-state index >= 15 is 0 Å². The first-order valence-electron chi connectivity index (χ1n) is 8.14. The van der Waals surface area contributed by atoms with Gasteiger partial charge < -0.3 is 20.1 Å². The summed E-state index contributed by atoms with van der Waals surface area (Å²) in [6.45, 7) is 6.14. The van der Waals surface area contributed by atoms with Crippen molar-refractivity contribution < 1.29 is 19.1 Å². The highest BCUT2D eigenvalue weighted by molar-refractivity contribution is 5.71. The van der Waals surface area contributed by atoms with Gasteiger partial charge in [-0.2, -0.15) is 0 Å². The number of benzene rings is 1. The Morgan fingerprint density at radius 3 is 2.42 bits per heavy atom. The maximum atomic E-state index is 11.6. The van der Waals surface area contributed by atoms with Crippen LogP contribution in [-0.4, -0.2) is 37.9 Å². The summed E-state index contributed by atoms with van der Waals surface area (Å²) in [5.41, 5.74) is 0.595. The van der Waals surface area contributed by atoms with E-state index in [1.165, 1.54) is 7.11 Å². The van der Waals surface area contributed by atoms with Crippen LogP contribution < -0.4 is 10.6 Å². The van der Waals surface area contributed by atoms with Gasteiger partial charge in [0.2, 0.25) is 0 Å². The second-order valence-electron chi connectivity index (χ2n) is 6.49. The minimum Gasteiger partial charge on any atom is -0.468 e. The monoisotopic (exact) mass is 336 g/mol. The van der Waals surface area contributed by atoms with Gasteiger partial charge in [-0.25, -0.2) is 4.79 Å². The Kier molecular flexibility index (Phi) is 8.26. The van der Waals surface area contributed by atoms with Crippen LogP contribution in [0.15, 0.2) is 30.3 Å². The lowest BCUT2D eigenvalue weighted by molar-refractivity contribution is -0.139. The number of carbonyl (C=O) groups excluding carboxylic acids is 2. The van der Waals surface area contributed by atoms with E-state index in [1.54, 1.807) is 0 Å². The Morgan fingerprint density at radius 2 is 1.83 bits per heavy atom. The first-order chi connectivity index (χ1) is 11.3. The third-order valence-corrected chi connectivity index (χ3v) is 3.26. The molecule has 0 radical (unpaired) electrons. The first-order valence-corrected chi connectivity index (χ1v) is 8.14. The summed E-state index contributed by atoms with van der Waals surface area (Å²) in [5.74, 6) is -0.303. The van der Waals surface area contributed by atoms with Crippen molar-refractivity contribution in [2.45, 2.75) is 45.3 Å². The number of esters is 1. The minimum atomic E-state index is -0.501. The standard InChI is InChI=1S/C18H28N2O4/c1-18(2,3)24-17(22)19-12-8-11-15(20-13-16(21)23-4)14-9-6-5-7-10-14/h5-7,9-10,15,20H,8,11-13H2,1-4H3,(H,19,22)/t15-/m0/s1. The van der Waals surface area contributed by atoms with Crippen molar-refractivity contribution in [1.29, 1.82) is 0 Å². The van der Waals surface area contributed by atoms with Crippen molar-refractivity contribution >= 4 is 12.1 Å². The van der Waals surface area contributed by atoms with Gasteiger partial charge in [0.15, 0.2) is 0 Å².